The van der Waals surface area contributed by atoms with Gasteiger partial charge in [-0.3, -0.25) is 4.72 Å². The zero-order valence-electron chi connectivity index (χ0n) is 9.43. The van der Waals surface area contributed by atoms with Gasteiger partial charge in [-0.1, -0.05) is 17.3 Å². The van der Waals surface area contributed by atoms with E-state index in [2.05, 4.69) is 14.6 Å². The van der Waals surface area contributed by atoms with E-state index in [1.165, 1.54) is 13.1 Å². The average Bonchev–Trinajstić information content (AvgIpc) is 2.30. The maximum absolute atomic E-state index is 11.3. The molecule has 0 bridgehead atoms. The Morgan fingerprint density at radius 2 is 2.12 bits per heavy atom. The first-order valence-electron chi connectivity index (χ1n) is 4.69. The molecule has 0 aromatic heterocycles. The van der Waals surface area contributed by atoms with Crippen LogP contribution in [0, 0.1) is 6.92 Å². The second kappa shape index (κ2) is 5.02. The Morgan fingerprint density at radius 1 is 1.47 bits per heavy atom. The molecule has 94 valence electrons. The Hall–Kier alpha value is -1.80. The molecule has 0 saturated heterocycles. The fourth-order valence-electron chi connectivity index (χ4n) is 1.14. The number of hydrogen-bond acceptors (Lipinski definition) is 4. The summed E-state index contributed by atoms with van der Waals surface area (Å²) >= 11 is 0. The number of aryl methyl sites for hydroxylation is 1. The van der Waals surface area contributed by atoms with E-state index in [0.717, 1.165) is 5.56 Å². The normalized spacial score (nSPS) is 12.5. The molecule has 0 unspecified atom stereocenters. The zero-order valence-corrected chi connectivity index (χ0v) is 10.2. The Balaban J connectivity index is 3.16. The maximum Gasteiger partial charge on any atom is 0.298 e. The van der Waals surface area contributed by atoms with E-state index in [0.29, 0.717) is 11.3 Å². The third kappa shape index (κ3) is 3.33. The van der Waals surface area contributed by atoms with Crippen LogP contribution in [0.2, 0.25) is 0 Å². The van der Waals surface area contributed by atoms with Crippen LogP contribution < -0.4 is 15.2 Å². The number of nitrogens with one attached hydrogen (secondary N) is 2. The van der Waals surface area contributed by atoms with E-state index >= 15 is 0 Å². The van der Waals surface area contributed by atoms with Crippen molar-refractivity contribution in [2.75, 3.05) is 11.8 Å². The minimum Gasteiger partial charge on any atom is -0.409 e. The molecule has 0 amide bonds. The van der Waals surface area contributed by atoms with Crippen molar-refractivity contribution < 1.29 is 13.6 Å². The predicted molar refractivity (Wildman–Crippen MR) is 65.3 cm³/mol. The molecule has 7 nitrogen and oxygen atoms in total. The molecule has 0 aliphatic carbocycles. The number of nitrogens with two attached hydrogens (primary N) is 1. The highest BCUT2D eigenvalue weighted by atomic mass is 32.2. The Kier molecular flexibility index (Phi) is 3.92. The SMILES string of the molecule is CNS(=O)(=O)Nc1cc(/C(N)=N/O)ccc1C. The van der Waals surface area contributed by atoms with E-state index in [4.69, 9.17) is 10.9 Å². The molecule has 0 radical (unpaired) electrons. The van der Waals surface area contributed by atoms with Gasteiger partial charge in [-0.25, -0.2) is 4.72 Å². The average molecular weight is 258 g/mol. The van der Waals surface area contributed by atoms with Crippen molar-refractivity contribution in [2.45, 2.75) is 6.92 Å². The number of hydrogen-bond donors (Lipinski definition) is 4. The number of nitrogens with zero attached hydrogens (tertiary/aromatic N) is 1. The summed E-state index contributed by atoms with van der Waals surface area (Å²) < 4.78 is 27.1. The summed E-state index contributed by atoms with van der Waals surface area (Å²) in [6, 6.07) is 4.78. The van der Waals surface area contributed by atoms with Crippen LogP contribution in [-0.2, 0) is 10.2 Å². The van der Waals surface area contributed by atoms with E-state index in [9.17, 15) is 8.42 Å². The van der Waals surface area contributed by atoms with Gasteiger partial charge < -0.3 is 10.9 Å². The van der Waals surface area contributed by atoms with Crippen LogP contribution in [0.15, 0.2) is 23.4 Å². The highest BCUT2D eigenvalue weighted by Gasteiger charge is 2.10. The van der Waals surface area contributed by atoms with Crippen molar-refractivity contribution in [1.29, 1.82) is 0 Å². The summed E-state index contributed by atoms with van der Waals surface area (Å²) in [4.78, 5) is 0. The van der Waals surface area contributed by atoms with Crippen molar-refractivity contribution >= 4 is 21.7 Å². The predicted octanol–water partition coefficient (Wildman–Crippen LogP) is -0.0344. The summed E-state index contributed by atoms with van der Waals surface area (Å²) in [6.07, 6.45) is 0. The van der Waals surface area contributed by atoms with Crippen molar-refractivity contribution in [3.8, 4) is 0 Å². The summed E-state index contributed by atoms with van der Waals surface area (Å²) in [5.41, 5.74) is 6.92. The molecule has 8 heteroatoms. The molecule has 0 atom stereocenters. The molecule has 1 aromatic carbocycles. The van der Waals surface area contributed by atoms with Crippen molar-refractivity contribution in [2.24, 2.45) is 10.9 Å². The number of oxime groups is 1. The third-order valence-corrected chi connectivity index (χ3v) is 3.18. The van der Waals surface area contributed by atoms with E-state index in [-0.39, 0.29) is 5.84 Å². The van der Waals surface area contributed by atoms with E-state index < -0.39 is 10.2 Å². The summed E-state index contributed by atoms with van der Waals surface area (Å²) in [5, 5.41) is 11.4. The maximum atomic E-state index is 11.3. The second-order valence-corrected chi connectivity index (χ2v) is 4.94. The standard InChI is InChI=1S/C9H14N4O3S/c1-6-3-4-7(9(10)12-14)5-8(6)13-17(15,16)11-2/h3-5,11,13-14H,1-2H3,(H2,10,12). The molecule has 0 heterocycles. The fraction of sp³-hybridized carbons (Fsp3) is 0.222. The fourth-order valence-corrected chi connectivity index (χ4v) is 1.76. The number of anilines is 1. The number of amidine groups is 1. The summed E-state index contributed by atoms with van der Waals surface area (Å²) in [7, 11) is -2.29. The van der Waals surface area contributed by atoms with Gasteiger partial charge in [0, 0.05) is 12.6 Å². The molecular weight excluding hydrogens is 244 g/mol. The van der Waals surface area contributed by atoms with Gasteiger partial charge in [0.15, 0.2) is 5.84 Å². The number of rotatable bonds is 4. The van der Waals surface area contributed by atoms with Gasteiger partial charge in [0.05, 0.1) is 5.69 Å². The lowest BCUT2D eigenvalue weighted by Crippen LogP contribution is -2.27. The van der Waals surface area contributed by atoms with Crippen molar-refractivity contribution in [3.05, 3.63) is 29.3 Å². The molecule has 0 saturated carbocycles. The molecule has 0 aliphatic rings. The lowest BCUT2D eigenvalue weighted by Gasteiger charge is -2.10. The van der Waals surface area contributed by atoms with Crippen LogP contribution in [0.4, 0.5) is 5.69 Å². The van der Waals surface area contributed by atoms with E-state index in [1.54, 1.807) is 19.1 Å². The second-order valence-electron chi connectivity index (χ2n) is 3.32. The molecule has 1 aromatic rings. The van der Waals surface area contributed by atoms with Gasteiger partial charge in [0.2, 0.25) is 0 Å². The lowest BCUT2D eigenvalue weighted by molar-refractivity contribution is 0.318. The van der Waals surface area contributed by atoms with Crippen LogP contribution in [0.3, 0.4) is 0 Å². The van der Waals surface area contributed by atoms with Gasteiger partial charge in [-0.2, -0.15) is 8.42 Å². The first kappa shape index (κ1) is 13.3. The summed E-state index contributed by atoms with van der Waals surface area (Å²) in [6.45, 7) is 1.74. The van der Waals surface area contributed by atoms with Gasteiger partial charge in [-0.05, 0) is 18.6 Å². The molecule has 1 rings (SSSR count). The van der Waals surface area contributed by atoms with E-state index in [1.807, 2.05) is 0 Å². The van der Waals surface area contributed by atoms with Crippen LogP contribution in [0.1, 0.15) is 11.1 Å². The quantitative estimate of drug-likeness (QED) is 0.262. The summed E-state index contributed by atoms with van der Waals surface area (Å²) in [5.74, 6) is -0.0881. The van der Waals surface area contributed by atoms with Crippen LogP contribution in [0.5, 0.6) is 0 Å². The molecule has 17 heavy (non-hydrogen) atoms. The lowest BCUT2D eigenvalue weighted by atomic mass is 10.1. The van der Waals surface area contributed by atoms with Crippen LogP contribution >= 0.6 is 0 Å². The minimum atomic E-state index is -3.59. The Morgan fingerprint density at radius 3 is 2.65 bits per heavy atom. The monoisotopic (exact) mass is 258 g/mol. The van der Waals surface area contributed by atoms with Crippen molar-refractivity contribution in [1.82, 2.24) is 4.72 Å². The highest BCUT2D eigenvalue weighted by Crippen LogP contribution is 2.17. The van der Waals surface area contributed by atoms with Gasteiger partial charge >= 0.3 is 0 Å². The zero-order chi connectivity index (χ0) is 13.1. The molecular formula is C9H14N4O3S. The largest absolute Gasteiger partial charge is 0.409 e. The minimum absolute atomic E-state index is 0.0881. The Bertz CT molecular complexity index is 539. The first-order valence-corrected chi connectivity index (χ1v) is 6.18. The van der Waals surface area contributed by atoms with Crippen LogP contribution in [-0.4, -0.2) is 26.5 Å². The third-order valence-electron chi connectivity index (χ3n) is 2.15. The molecule has 5 N–H and O–H groups in total. The molecule has 0 fully saturated rings. The van der Waals surface area contributed by atoms with Crippen LogP contribution in [0.25, 0.3) is 0 Å². The number of benzene rings is 1. The molecule has 0 spiro atoms. The van der Waals surface area contributed by atoms with Crippen molar-refractivity contribution in [3.63, 3.8) is 0 Å². The van der Waals surface area contributed by atoms with Gasteiger partial charge in [0.25, 0.3) is 10.2 Å². The topological polar surface area (TPSA) is 117 Å². The molecule has 0 aliphatic heterocycles. The Labute approximate surface area is 99.5 Å². The smallest absolute Gasteiger partial charge is 0.298 e. The van der Waals surface area contributed by atoms with Gasteiger partial charge in [0.1, 0.15) is 0 Å². The van der Waals surface area contributed by atoms with Gasteiger partial charge in [-0.15, -0.1) is 0 Å². The highest BCUT2D eigenvalue weighted by molar-refractivity contribution is 7.90. The first-order chi connectivity index (χ1) is 7.89.